The number of hydrogen-bond donors (Lipinski definition) is 0. The van der Waals surface area contributed by atoms with Gasteiger partial charge in [0.2, 0.25) is 5.91 Å². The predicted molar refractivity (Wildman–Crippen MR) is 71.4 cm³/mol. The highest BCUT2D eigenvalue weighted by molar-refractivity contribution is 5.83. The Balaban J connectivity index is 1.59. The summed E-state index contributed by atoms with van der Waals surface area (Å²) in [5.41, 5.74) is 1.32. The van der Waals surface area contributed by atoms with E-state index in [4.69, 9.17) is 0 Å². The fraction of sp³-hybridized carbons (Fsp3) is 0.533. The van der Waals surface area contributed by atoms with E-state index in [1.54, 1.807) is 0 Å². The van der Waals surface area contributed by atoms with Gasteiger partial charge in [-0.3, -0.25) is 4.79 Å². The molecule has 1 saturated carbocycles. The highest BCUT2D eigenvalue weighted by atomic mass is 16.2. The first-order valence-electron chi connectivity index (χ1n) is 6.78. The first-order valence-corrected chi connectivity index (χ1v) is 6.78. The third kappa shape index (κ3) is 2.27. The van der Waals surface area contributed by atoms with E-state index in [1.807, 2.05) is 11.0 Å². The molecule has 0 unspecified atom stereocenters. The van der Waals surface area contributed by atoms with Crippen molar-refractivity contribution in [3.63, 3.8) is 0 Å². The average molecular weight is 244 g/mol. The van der Waals surface area contributed by atoms with Gasteiger partial charge in [0.1, 0.15) is 0 Å². The van der Waals surface area contributed by atoms with Crippen LogP contribution in [0.2, 0.25) is 0 Å². The number of nitrogens with zero attached hydrogens (tertiary/aromatic N) is 2. The van der Waals surface area contributed by atoms with Gasteiger partial charge in [-0.05, 0) is 24.9 Å². The molecule has 0 aromatic heterocycles. The molecule has 1 saturated heterocycles. The Morgan fingerprint density at radius 3 is 2.44 bits per heavy atom. The summed E-state index contributed by atoms with van der Waals surface area (Å²) in [6, 6.07) is 10.4. The molecule has 1 amide bonds. The van der Waals surface area contributed by atoms with Crippen LogP contribution in [0.4, 0.5) is 0 Å². The lowest BCUT2D eigenvalue weighted by Gasteiger charge is -2.32. The lowest BCUT2D eigenvalue weighted by Crippen LogP contribution is -2.47. The summed E-state index contributed by atoms with van der Waals surface area (Å²) in [6.07, 6.45) is 1.04. The van der Waals surface area contributed by atoms with Gasteiger partial charge in [-0.1, -0.05) is 30.3 Å². The van der Waals surface area contributed by atoms with Crippen LogP contribution in [0, 0.1) is 5.92 Å². The number of carbonyl (C=O) groups excluding carboxylic acids is 1. The van der Waals surface area contributed by atoms with Crippen molar-refractivity contribution in [1.82, 2.24) is 9.80 Å². The smallest absolute Gasteiger partial charge is 0.226 e. The normalized spacial score (nSPS) is 28.2. The minimum absolute atomic E-state index is 0.246. The van der Waals surface area contributed by atoms with Crippen molar-refractivity contribution < 1.29 is 4.79 Å². The second-order valence-corrected chi connectivity index (χ2v) is 5.49. The van der Waals surface area contributed by atoms with E-state index in [2.05, 4.69) is 36.2 Å². The Labute approximate surface area is 108 Å². The summed E-state index contributed by atoms with van der Waals surface area (Å²) in [5, 5.41) is 0. The van der Waals surface area contributed by atoms with Crippen LogP contribution in [0.5, 0.6) is 0 Å². The quantitative estimate of drug-likeness (QED) is 0.788. The zero-order chi connectivity index (χ0) is 12.5. The molecular weight excluding hydrogens is 224 g/mol. The number of hydrogen-bond acceptors (Lipinski definition) is 2. The molecule has 0 bridgehead atoms. The van der Waals surface area contributed by atoms with Gasteiger partial charge in [0.05, 0.1) is 0 Å². The third-order valence-corrected chi connectivity index (χ3v) is 4.15. The first-order chi connectivity index (χ1) is 8.75. The van der Waals surface area contributed by atoms with Crippen LogP contribution >= 0.6 is 0 Å². The van der Waals surface area contributed by atoms with Crippen molar-refractivity contribution >= 4 is 5.91 Å². The molecule has 3 rings (SSSR count). The van der Waals surface area contributed by atoms with Crippen LogP contribution < -0.4 is 0 Å². The number of piperazine rings is 1. The Morgan fingerprint density at radius 1 is 1.11 bits per heavy atom. The molecule has 1 aliphatic carbocycles. The lowest BCUT2D eigenvalue weighted by atomic mass is 10.1. The molecule has 0 spiro atoms. The number of rotatable bonds is 2. The fourth-order valence-corrected chi connectivity index (χ4v) is 2.80. The minimum Gasteiger partial charge on any atom is -0.340 e. The topological polar surface area (TPSA) is 23.6 Å². The van der Waals surface area contributed by atoms with Crippen LogP contribution in [0.25, 0.3) is 0 Å². The molecule has 0 radical (unpaired) electrons. The van der Waals surface area contributed by atoms with Crippen molar-refractivity contribution in [2.45, 2.75) is 12.3 Å². The minimum atomic E-state index is 0.246. The van der Waals surface area contributed by atoms with E-state index < -0.39 is 0 Å². The first kappa shape index (κ1) is 11.7. The molecule has 1 aliphatic heterocycles. The van der Waals surface area contributed by atoms with Crippen LogP contribution in [0.3, 0.4) is 0 Å². The second-order valence-electron chi connectivity index (χ2n) is 5.49. The Hall–Kier alpha value is -1.35. The van der Waals surface area contributed by atoms with Gasteiger partial charge in [-0.2, -0.15) is 0 Å². The molecular formula is C15H20N2O. The summed E-state index contributed by atoms with van der Waals surface area (Å²) in [5.74, 6) is 1.09. The van der Waals surface area contributed by atoms with E-state index >= 15 is 0 Å². The number of carbonyl (C=O) groups is 1. The molecule has 0 N–H and O–H groups in total. The highest BCUT2D eigenvalue weighted by Gasteiger charge is 2.45. The predicted octanol–water partition coefficient (Wildman–Crippen LogP) is 1.56. The SMILES string of the molecule is CN1CCN(C(=O)[C@H]2C[C@H]2c2ccccc2)CC1. The average Bonchev–Trinajstić information content (AvgIpc) is 3.20. The number of amides is 1. The molecule has 2 atom stereocenters. The van der Waals surface area contributed by atoms with E-state index in [0.29, 0.717) is 11.8 Å². The van der Waals surface area contributed by atoms with Crippen LogP contribution in [0.15, 0.2) is 30.3 Å². The molecule has 3 nitrogen and oxygen atoms in total. The van der Waals surface area contributed by atoms with Crippen LogP contribution in [0.1, 0.15) is 17.9 Å². The second kappa shape index (κ2) is 4.73. The van der Waals surface area contributed by atoms with Crippen LogP contribution in [-0.4, -0.2) is 48.9 Å². The van der Waals surface area contributed by atoms with Crippen LogP contribution in [-0.2, 0) is 4.79 Å². The Bertz CT molecular complexity index is 423. The van der Waals surface area contributed by atoms with Gasteiger partial charge in [-0.15, -0.1) is 0 Å². The lowest BCUT2D eigenvalue weighted by molar-refractivity contribution is -0.134. The largest absolute Gasteiger partial charge is 0.340 e. The summed E-state index contributed by atoms with van der Waals surface area (Å²) in [6.45, 7) is 3.81. The van der Waals surface area contributed by atoms with Gasteiger partial charge in [0, 0.05) is 32.1 Å². The Morgan fingerprint density at radius 2 is 1.78 bits per heavy atom. The van der Waals surface area contributed by atoms with Crippen molar-refractivity contribution in [2.24, 2.45) is 5.92 Å². The van der Waals surface area contributed by atoms with E-state index in [1.165, 1.54) is 5.56 Å². The standard InChI is InChI=1S/C15H20N2O/c1-16-7-9-17(10-8-16)15(18)14-11-13(14)12-5-3-2-4-6-12/h2-6,13-14H,7-11H2,1H3/t13-,14-/m0/s1. The molecule has 18 heavy (non-hydrogen) atoms. The molecule has 2 fully saturated rings. The maximum absolute atomic E-state index is 12.4. The maximum Gasteiger partial charge on any atom is 0.226 e. The Kier molecular flexibility index (Phi) is 3.08. The van der Waals surface area contributed by atoms with Crippen molar-refractivity contribution in [3.05, 3.63) is 35.9 Å². The third-order valence-electron chi connectivity index (χ3n) is 4.15. The van der Waals surface area contributed by atoms with Gasteiger partial charge in [0.25, 0.3) is 0 Å². The molecule has 1 heterocycles. The maximum atomic E-state index is 12.4. The number of benzene rings is 1. The zero-order valence-corrected chi connectivity index (χ0v) is 10.9. The molecule has 2 aliphatic rings. The number of likely N-dealkylation sites (N-methyl/N-ethyl adjacent to an activating group) is 1. The molecule has 1 aromatic carbocycles. The van der Waals surface area contributed by atoms with Gasteiger partial charge < -0.3 is 9.80 Å². The van der Waals surface area contributed by atoms with E-state index in [0.717, 1.165) is 32.6 Å². The summed E-state index contributed by atoms with van der Waals surface area (Å²) < 4.78 is 0. The summed E-state index contributed by atoms with van der Waals surface area (Å²) in [4.78, 5) is 16.7. The summed E-state index contributed by atoms with van der Waals surface area (Å²) >= 11 is 0. The van der Waals surface area contributed by atoms with Crippen molar-refractivity contribution in [3.8, 4) is 0 Å². The summed E-state index contributed by atoms with van der Waals surface area (Å²) in [7, 11) is 2.12. The van der Waals surface area contributed by atoms with E-state index in [9.17, 15) is 4.79 Å². The molecule has 1 aromatic rings. The molecule has 3 heteroatoms. The van der Waals surface area contributed by atoms with Gasteiger partial charge in [-0.25, -0.2) is 0 Å². The van der Waals surface area contributed by atoms with Crippen molar-refractivity contribution in [1.29, 1.82) is 0 Å². The highest BCUT2D eigenvalue weighted by Crippen LogP contribution is 2.48. The molecule has 96 valence electrons. The van der Waals surface area contributed by atoms with E-state index in [-0.39, 0.29) is 5.92 Å². The van der Waals surface area contributed by atoms with Gasteiger partial charge >= 0.3 is 0 Å². The zero-order valence-electron chi connectivity index (χ0n) is 10.9. The van der Waals surface area contributed by atoms with Crippen molar-refractivity contribution in [2.75, 3.05) is 33.2 Å². The van der Waals surface area contributed by atoms with Gasteiger partial charge in [0.15, 0.2) is 0 Å². The fourth-order valence-electron chi connectivity index (χ4n) is 2.80. The monoisotopic (exact) mass is 244 g/mol.